The minimum Gasteiger partial charge on any atom is -0.497 e. The molecule has 0 unspecified atom stereocenters. The van der Waals surface area contributed by atoms with Crippen LogP contribution < -0.4 is 15.7 Å². The number of fused-ring (bicyclic) bond motifs is 3. The molecule has 1 N–H and O–H groups in total. The standard InChI is InChI=1S/C23H17N5O3/c1-31-17-13-11-16(12-14-17)28-23(30)27-19-10-6-5-9-18(19)24-20(21(27)26-28)25-22(29)15-7-3-2-4-8-15/h2-14H,1H3,(H,24,25,29)/i1-1. The van der Waals surface area contributed by atoms with Gasteiger partial charge in [0.2, 0.25) is 5.65 Å². The van der Waals surface area contributed by atoms with Crippen LogP contribution in [-0.4, -0.2) is 32.2 Å². The lowest BCUT2D eigenvalue weighted by atomic mass is 10.2. The van der Waals surface area contributed by atoms with Crippen LogP contribution in [0.2, 0.25) is 0 Å². The van der Waals surface area contributed by atoms with Crippen molar-refractivity contribution in [2.45, 2.75) is 0 Å². The number of hydrogen-bond donors (Lipinski definition) is 1. The summed E-state index contributed by atoms with van der Waals surface area (Å²) in [5.41, 5.74) is 2.10. The zero-order chi connectivity index (χ0) is 21.4. The second-order valence-electron chi connectivity index (χ2n) is 6.82. The molecule has 0 spiro atoms. The minimum absolute atomic E-state index is 0.205. The molecular weight excluding hydrogens is 393 g/mol. The number of amides is 1. The molecule has 31 heavy (non-hydrogen) atoms. The fourth-order valence-corrected chi connectivity index (χ4v) is 3.40. The number of para-hydroxylation sites is 2. The molecule has 0 aliphatic rings. The maximum atomic E-state index is 13.3. The first-order chi connectivity index (χ1) is 15.2. The highest BCUT2D eigenvalue weighted by molar-refractivity contribution is 6.05. The van der Waals surface area contributed by atoms with E-state index >= 15 is 0 Å². The third-order valence-corrected chi connectivity index (χ3v) is 4.93. The van der Waals surface area contributed by atoms with Crippen LogP contribution in [0.4, 0.5) is 5.82 Å². The number of methoxy groups -OCH3 is 1. The number of carbonyl (C=O) groups is 1. The molecule has 0 fully saturated rings. The average molecular weight is 410 g/mol. The third-order valence-electron chi connectivity index (χ3n) is 4.93. The summed E-state index contributed by atoms with van der Waals surface area (Å²) in [7, 11) is 1.57. The van der Waals surface area contributed by atoms with Gasteiger partial charge in [-0.1, -0.05) is 30.3 Å². The monoisotopic (exact) mass is 410 g/mol. The van der Waals surface area contributed by atoms with E-state index in [9.17, 15) is 9.59 Å². The number of ether oxygens (including phenoxy) is 1. The Labute approximate surface area is 176 Å². The van der Waals surface area contributed by atoms with Gasteiger partial charge in [-0.25, -0.2) is 14.2 Å². The molecule has 2 aromatic heterocycles. The lowest BCUT2D eigenvalue weighted by Crippen LogP contribution is -2.20. The van der Waals surface area contributed by atoms with E-state index in [0.29, 0.717) is 28.0 Å². The largest absolute Gasteiger partial charge is 0.497 e. The number of anilines is 1. The first-order valence-electron chi connectivity index (χ1n) is 9.57. The number of nitrogens with zero attached hydrogens (tertiary/aromatic N) is 4. The molecule has 0 radical (unpaired) electrons. The minimum atomic E-state index is -0.367. The van der Waals surface area contributed by atoms with Crippen LogP contribution in [0.5, 0.6) is 5.75 Å². The Bertz CT molecular complexity index is 1470. The van der Waals surface area contributed by atoms with Gasteiger partial charge in [0.05, 0.1) is 23.8 Å². The molecule has 8 nitrogen and oxygen atoms in total. The second kappa shape index (κ2) is 7.42. The van der Waals surface area contributed by atoms with Crippen molar-refractivity contribution in [1.29, 1.82) is 0 Å². The molecule has 152 valence electrons. The predicted molar refractivity (Wildman–Crippen MR) is 117 cm³/mol. The van der Waals surface area contributed by atoms with Crippen molar-refractivity contribution in [2.24, 2.45) is 0 Å². The normalized spacial score (nSPS) is 11.0. The number of hydrogen-bond acceptors (Lipinski definition) is 5. The first-order valence-corrected chi connectivity index (χ1v) is 9.57. The number of nitrogens with one attached hydrogen (secondary N) is 1. The van der Waals surface area contributed by atoms with Gasteiger partial charge in [0.25, 0.3) is 5.91 Å². The van der Waals surface area contributed by atoms with Gasteiger partial charge in [0.15, 0.2) is 5.82 Å². The fourth-order valence-electron chi connectivity index (χ4n) is 3.40. The van der Waals surface area contributed by atoms with Crippen LogP contribution in [0.3, 0.4) is 0 Å². The molecule has 0 saturated heterocycles. The molecule has 0 aliphatic heterocycles. The zero-order valence-electron chi connectivity index (χ0n) is 16.5. The van der Waals surface area contributed by atoms with Gasteiger partial charge in [-0.05, 0) is 48.5 Å². The van der Waals surface area contributed by atoms with Crippen molar-refractivity contribution in [2.75, 3.05) is 12.4 Å². The van der Waals surface area contributed by atoms with Crippen LogP contribution in [0.25, 0.3) is 22.4 Å². The number of benzene rings is 3. The van der Waals surface area contributed by atoms with Gasteiger partial charge < -0.3 is 10.1 Å². The van der Waals surface area contributed by atoms with Crippen LogP contribution in [0.1, 0.15) is 10.4 Å². The molecule has 5 rings (SSSR count). The van der Waals surface area contributed by atoms with Crippen molar-refractivity contribution in [3.63, 3.8) is 0 Å². The van der Waals surface area contributed by atoms with Crippen LogP contribution in [-0.2, 0) is 0 Å². The van der Waals surface area contributed by atoms with E-state index in [-0.39, 0.29) is 23.1 Å². The van der Waals surface area contributed by atoms with Crippen molar-refractivity contribution in [1.82, 2.24) is 19.2 Å². The van der Waals surface area contributed by atoms with Gasteiger partial charge in [0, 0.05) is 5.56 Å². The second-order valence-corrected chi connectivity index (χ2v) is 6.82. The molecule has 0 bridgehead atoms. The smallest absolute Gasteiger partial charge is 0.355 e. The molecule has 5 aromatic rings. The van der Waals surface area contributed by atoms with Gasteiger partial charge in [-0.3, -0.25) is 4.79 Å². The Morgan fingerprint density at radius 2 is 1.65 bits per heavy atom. The number of rotatable bonds is 4. The number of aromatic nitrogens is 4. The molecule has 1 amide bonds. The quantitative estimate of drug-likeness (QED) is 0.491. The summed E-state index contributed by atoms with van der Waals surface area (Å²) in [5.74, 6) is 0.539. The summed E-state index contributed by atoms with van der Waals surface area (Å²) in [6.07, 6.45) is 0. The van der Waals surface area contributed by atoms with Crippen molar-refractivity contribution >= 4 is 28.4 Å². The third kappa shape index (κ3) is 3.20. The van der Waals surface area contributed by atoms with Crippen molar-refractivity contribution in [3.8, 4) is 11.4 Å². The lowest BCUT2D eigenvalue weighted by Gasteiger charge is -2.07. The van der Waals surface area contributed by atoms with Crippen molar-refractivity contribution < 1.29 is 9.53 Å². The van der Waals surface area contributed by atoms with Crippen molar-refractivity contribution in [3.05, 3.63) is 94.9 Å². The molecule has 8 heteroatoms. The van der Waals surface area contributed by atoms with E-state index in [4.69, 9.17) is 4.74 Å². The highest BCUT2D eigenvalue weighted by Crippen LogP contribution is 2.21. The molecule has 0 atom stereocenters. The predicted octanol–water partition coefficient (Wildman–Crippen LogP) is 3.29. The van der Waals surface area contributed by atoms with Gasteiger partial charge in [0.1, 0.15) is 5.75 Å². The van der Waals surface area contributed by atoms with Crippen LogP contribution in [0.15, 0.2) is 83.7 Å². The Balaban J connectivity index is 1.71. The highest BCUT2D eigenvalue weighted by atomic mass is 16.4. The molecular formula is C23H17N5O3. The first kappa shape index (κ1) is 18.6. The summed E-state index contributed by atoms with van der Waals surface area (Å²) >= 11 is 0. The SMILES string of the molecule is [11CH3]Oc1ccc(-n2nc3c(NC(=O)c4ccccc4)nc4ccccc4n3c2=O)cc1. The summed E-state index contributed by atoms with van der Waals surface area (Å²) in [6.45, 7) is 0. The number of carbonyl (C=O) groups excluding carboxylic acids is 1. The van der Waals surface area contributed by atoms with E-state index in [1.165, 1.54) is 9.08 Å². The molecule has 0 saturated carbocycles. The van der Waals surface area contributed by atoms with Gasteiger partial charge in [-0.15, -0.1) is 5.10 Å². The zero-order valence-corrected chi connectivity index (χ0v) is 16.5. The molecule has 0 aliphatic carbocycles. The lowest BCUT2D eigenvalue weighted by molar-refractivity contribution is 0.102. The summed E-state index contributed by atoms with van der Waals surface area (Å²) in [6, 6.07) is 23.0. The van der Waals surface area contributed by atoms with E-state index in [1.54, 1.807) is 67.8 Å². The Morgan fingerprint density at radius 3 is 2.39 bits per heavy atom. The maximum Gasteiger partial charge on any atom is 0.355 e. The fraction of sp³-hybridized carbons (Fsp3) is 0.0435. The van der Waals surface area contributed by atoms with Gasteiger partial charge in [-0.2, -0.15) is 4.68 Å². The van der Waals surface area contributed by atoms with E-state index in [2.05, 4.69) is 15.4 Å². The van der Waals surface area contributed by atoms with Crippen LogP contribution >= 0.6 is 0 Å². The Kier molecular flexibility index (Phi) is 4.44. The highest BCUT2D eigenvalue weighted by Gasteiger charge is 2.19. The Hall–Kier alpha value is -4.46. The Morgan fingerprint density at radius 1 is 0.935 bits per heavy atom. The van der Waals surface area contributed by atoms with E-state index < -0.39 is 0 Å². The van der Waals surface area contributed by atoms with E-state index in [0.717, 1.165) is 0 Å². The summed E-state index contributed by atoms with van der Waals surface area (Å²) < 4.78 is 7.92. The van der Waals surface area contributed by atoms with Crippen LogP contribution in [0, 0.1) is 0 Å². The van der Waals surface area contributed by atoms with Gasteiger partial charge >= 0.3 is 5.69 Å². The topological polar surface area (TPSA) is 90.5 Å². The average Bonchev–Trinajstić information content (AvgIpc) is 3.17. The summed E-state index contributed by atoms with van der Waals surface area (Å²) in [5, 5.41) is 7.28. The summed E-state index contributed by atoms with van der Waals surface area (Å²) in [4.78, 5) is 30.6. The van der Waals surface area contributed by atoms with E-state index in [1.807, 2.05) is 18.2 Å². The maximum absolute atomic E-state index is 13.3. The molecule has 2 heterocycles. The molecule has 3 aromatic carbocycles.